The van der Waals surface area contributed by atoms with E-state index in [1.165, 1.54) is 42.9 Å². The van der Waals surface area contributed by atoms with Gasteiger partial charge in [0.2, 0.25) is 0 Å². The van der Waals surface area contributed by atoms with Crippen LogP contribution in [0.15, 0.2) is 84.9 Å². The molecule has 4 aromatic carbocycles. The summed E-state index contributed by atoms with van der Waals surface area (Å²) in [5.41, 5.74) is 3.78. The van der Waals surface area contributed by atoms with E-state index >= 15 is 0 Å². The van der Waals surface area contributed by atoms with Crippen LogP contribution in [0.1, 0.15) is 75.2 Å². The number of ether oxygens (including phenoxy) is 3. The van der Waals surface area contributed by atoms with Gasteiger partial charge >= 0.3 is 0 Å². The molecular formula is C37H42ClNO3. The fourth-order valence-electron chi connectivity index (χ4n) is 6.51. The van der Waals surface area contributed by atoms with Gasteiger partial charge in [0.15, 0.2) is 0 Å². The van der Waals surface area contributed by atoms with Crippen LogP contribution in [0.25, 0.3) is 10.8 Å². The van der Waals surface area contributed by atoms with Crippen molar-refractivity contribution < 1.29 is 14.2 Å². The molecule has 42 heavy (non-hydrogen) atoms. The minimum atomic E-state index is -0.560. The number of benzene rings is 4. The van der Waals surface area contributed by atoms with Crippen molar-refractivity contribution in [2.75, 3.05) is 11.9 Å². The lowest BCUT2D eigenvalue weighted by Gasteiger charge is -2.44. The largest absolute Gasteiger partial charge is 0.485 e. The van der Waals surface area contributed by atoms with Gasteiger partial charge in [-0.3, -0.25) is 0 Å². The molecule has 4 nitrogen and oxygen atoms in total. The summed E-state index contributed by atoms with van der Waals surface area (Å²) in [7, 11) is 0. The van der Waals surface area contributed by atoms with Crippen molar-refractivity contribution >= 4 is 28.1 Å². The smallest absolute Gasteiger partial charge is 0.132 e. The van der Waals surface area contributed by atoms with E-state index in [-0.39, 0.29) is 12.2 Å². The van der Waals surface area contributed by atoms with E-state index < -0.39 is 5.60 Å². The highest BCUT2D eigenvalue weighted by molar-refractivity contribution is 6.30. The molecule has 2 atom stereocenters. The number of anilines is 1. The lowest BCUT2D eigenvalue weighted by Crippen LogP contribution is -2.51. The minimum absolute atomic E-state index is 0.235. The molecule has 2 aliphatic rings. The van der Waals surface area contributed by atoms with Gasteiger partial charge in [-0.05, 0) is 84.5 Å². The zero-order chi connectivity index (χ0) is 28.9. The Bertz CT molecular complexity index is 1500. The van der Waals surface area contributed by atoms with Crippen LogP contribution in [-0.4, -0.2) is 18.3 Å². The third-order valence-electron chi connectivity index (χ3n) is 8.83. The predicted octanol–water partition coefficient (Wildman–Crippen LogP) is 9.89. The van der Waals surface area contributed by atoms with Crippen molar-refractivity contribution in [1.29, 1.82) is 0 Å². The average molecular weight is 584 g/mol. The third kappa shape index (κ3) is 6.94. The Morgan fingerprint density at radius 1 is 0.833 bits per heavy atom. The lowest BCUT2D eigenvalue weighted by molar-refractivity contribution is -0.168. The van der Waals surface area contributed by atoms with Crippen LogP contribution in [0.5, 0.6) is 5.75 Å². The van der Waals surface area contributed by atoms with Crippen LogP contribution in [0.4, 0.5) is 5.69 Å². The fourth-order valence-corrected chi connectivity index (χ4v) is 6.72. The van der Waals surface area contributed by atoms with E-state index in [0.717, 1.165) is 52.1 Å². The number of rotatable bonds is 10. The zero-order valence-electron chi connectivity index (χ0n) is 24.8. The van der Waals surface area contributed by atoms with E-state index in [4.69, 9.17) is 25.8 Å². The minimum Gasteiger partial charge on any atom is -0.485 e. The molecule has 0 aromatic heterocycles. The molecular weight excluding hydrogens is 542 g/mol. The molecule has 1 N–H and O–H groups in total. The summed E-state index contributed by atoms with van der Waals surface area (Å²) in [6.07, 6.45) is 7.28. The van der Waals surface area contributed by atoms with Crippen molar-refractivity contribution in [1.82, 2.24) is 0 Å². The van der Waals surface area contributed by atoms with Crippen molar-refractivity contribution in [2.45, 2.75) is 83.3 Å². The van der Waals surface area contributed by atoms with Gasteiger partial charge in [-0.2, -0.15) is 0 Å². The first-order valence-electron chi connectivity index (χ1n) is 15.5. The third-order valence-corrected chi connectivity index (χ3v) is 9.06. The highest BCUT2D eigenvalue weighted by Crippen LogP contribution is 2.45. The molecule has 0 saturated heterocycles. The molecule has 1 saturated carbocycles. The van der Waals surface area contributed by atoms with Gasteiger partial charge in [-0.25, -0.2) is 0 Å². The second-order valence-electron chi connectivity index (χ2n) is 12.4. The summed E-state index contributed by atoms with van der Waals surface area (Å²) in [4.78, 5) is 0. The molecule has 5 heteroatoms. The molecule has 2 unspecified atom stereocenters. The Kier molecular flexibility index (Phi) is 9.04. The molecule has 220 valence electrons. The van der Waals surface area contributed by atoms with Crippen LogP contribution >= 0.6 is 11.6 Å². The number of nitrogens with one attached hydrogen (secondary N) is 1. The van der Waals surface area contributed by atoms with E-state index in [1.807, 2.05) is 18.2 Å². The van der Waals surface area contributed by atoms with Gasteiger partial charge in [0.05, 0.1) is 6.61 Å². The van der Waals surface area contributed by atoms with Gasteiger partial charge < -0.3 is 19.5 Å². The van der Waals surface area contributed by atoms with Crippen LogP contribution in [0.2, 0.25) is 5.02 Å². The molecule has 0 radical (unpaired) electrons. The SMILES string of the molecule is CC1(C)Oc2ccc(NCc3cccc(Cl)c3)cc2C(OCCC2CCCCC2)C1OCc1ccc2ccccc2c1. The second-order valence-corrected chi connectivity index (χ2v) is 12.9. The maximum Gasteiger partial charge on any atom is 0.132 e. The van der Waals surface area contributed by atoms with E-state index in [9.17, 15) is 0 Å². The highest BCUT2D eigenvalue weighted by Gasteiger charge is 2.45. The van der Waals surface area contributed by atoms with E-state index in [0.29, 0.717) is 13.2 Å². The molecule has 0 spiro atoms. The summed E-state index contributed by atoms with van der Waals surface area (Å²) >= 11 is 6.22. The maximum absolute atomic E-state index is 6.80. The summed E-state index contributed by atoms with van der Waals surface area (Å²) in [6.45, 7) is 6.13. The Labute approximate surface area is 255 Å². The lowest BCUT2D eigenvalue weighted by atomic mass is 9.86. The molecule has 1 aliphatic carbocycles. The fraction of sp³-hybridized carbons (Fsp3) is 0.405. The van der Waals surface area contributed by atoms with Gasteiger partial charge in [0, 0.05) is 29.4 Å². The van der Waals surface area contributed by atoms with Crippen LogP contribution in [0.3, 0.4) is 0 Å². The van der Waals surface area contributed by atoms with Gasteiger partial charge in [0.25, 0.3) is 0 Å². The molecule has 4 aromatic rings. The zero-order valence-corrected chi connectivity index (χ0v) is 25.5. The Balaban J connectivity index is 1.23. The first kappa shape index (κ1) is 29.0. The van der Waals surface area contributed by atoms with Gasteiger partial charge in [-0.15, -0.1) is 0 Å². The van der Waals surface area contributed by atoms with Crippen molar-refractivity contribution in [2.24, 2.45) is 5.92 Å². The normalized spacial score (nSPS) is 20.2. The summed E-state index contributed by atoms with van der Waals surface area (Å²) in [5, 5.41) is 6.77. The number of fused-ring (bicyclic) bond motifs is 2. The van der Waals surface area contributed by atoms with Crippen molar-refractivity contribution in [3.8, 4) is 5.75 Å². The van der Waals surface area contributed by atoms with Crippen LogP contribution in [0, 0.1) is 5.92 Å². The Hall–Kier alpha value is -3.05. The average Bonchev–Trinajstić information content (AvgIpc) is 3.00. The molecule has 0 bridgehead atoms. The standard InChI is InChI=1S/C37H42ClNO3/c1-37(2)36(41-25-28-15-16-29-12-6-7-13-30(29)21-28)35(40-20-19-26-9-4-3-5-10-26)33-23-32(17-18-34(33)42-37)39-24-27-11-8-14-31(38)22-27/h6-8,11-18,21-23,26,35-36,39H,3-5,9-10,19-20,24-25H2,1-2H3. The van der Waals surface area contributed by atoms with Gasteiger partial charge in [0.1, 0.15) is 23.6 Å². The monoisotopic (exact) mass is 583 g/mol. The summed E-state index contributed by atoms with van der Waals surface area (Å²) < 4.78 is 20.1. The number of hydrogen-bond donors (Lipinski definition) is 1. The molecule has 0 amide bonds. The quantitative estimate of drug-likeness (QED) is 0.202. The predicted molar refractivity (Wildman–Crippen MR) is 172 cm³/mol. The van der Waals surface area contributed by atoms with E-state index in [1.54, 1.807) is 0 Å². The number of halogens is 1. The highest BCUT2D eigenvalue weighted by atomic mass is 35.5. The first-order chi connectivity index (χ1) is 20.4. The topological polar surface area (TPSA) is 39.7 Å². The molecule has 6 rings (SSSR count). The molecule has 1 fully saturated rings. The van der Waals surface area contributed by atoms with Crippen molar-refractivity contribution in [3.63, 3.8) is 0 Å². The molecule has 1 heterocycles. The Morgan fingerprint density at radius 2 is 1.67 bits per heavy atom. The van der Waals surface area contributed by atoms with Gasteiger partial charge in [-0.1, -0.05) is 92.2 Å². The first-order valence-corrected chi connectivity index (χ1v) is 15.8. The second kappa shape index (κ2) is 13.1. The maximum atomic E-state index is 6.80. The van der Waals surface area contributed by atoms with Crippen LogP contribution < -0.4 is 10.1 Å². The van der Waals surface area contributed by atoms with Crippen LogP contribution in [-0.2, 0) is 22.6 Å². The van der Waals surface area contributed by atoms with Crippen molar-refractivity contribution in [3.05, 3.63) is 107 Å². The Morgan fingerprint density at radius 3 is 2.50 bits per heavy atom. The number of hydrogen-bond acceptors (Lipinski definition) is 4. The van der Waals surface area contributed by atoms with E-state index in [2.05, 4.69) is 85.9 Å². The summed E-state index contributed by atoms with van der Waals surface area (Å²) in [6, 6.07) is 29.3. The molecule has 1 aliphatic heterocycles. The summed E-state index contributed by atoms with van der Waals surface area (Å²) in [5.74, 6) is 1.62.